The molecule has 1 saturated carbocycles. The molecule has 0 bridgehead atoms. The smallest absolute Gasteiger partial charge is 0.389 e. The number of halogens is 3. The van der Waals surface area contributed by atoms with E-state index >= 15 is 0 Å². The topological polar surface area (TPSA) is 86.6 Å². The van der Waals surface area contributed by atoms with Gasteiger partial charge in [0.05, 0.1) is 28.3 Å². The van der Waals surface area contributed by atoms with Gasteiger partial charge in [0.25, 0.3) is 0 Å². The van der Waals surface area contributed by atoms with E-state index in [9.17, 15) is 32.4 Å². The van der Waals surface area contributed by atoms with Crippen LogP contribution in [-0.2, 0) is 15.6 Å². The predicted octanol–water partition coefficient (Wildman–Crippen LogP) is 2.59. The lowest BCUT2D eigenvalue weighted by molar-refractivity contribution is -0.173. The minimum Gasteiger partial charge on any atom is -0.389 e. The van der Waals surface area contributed by atoms with Gasteiger partial charge in [-0.05, 0) is 37.0 Å². The molecule has 1 aliphatic rings. The molecule has 1 aromatic rings. The summed E-state index contributed by atoms with van der Waals surface area (Å²) in [5, 5.41) is 22.4. The van der Waals surface area contributed by atoms with Gasteiger partial charge in [-0.25, -0.2) is 0 Å². The maximum Gasteiger partial charge on any atom is 0.471 e. The van der Waals surface area contributed by atoms with Crippen LogP contribution in [0.3, 0.4) is 0 Å². The van der Waals surface area contributed by atoms with Crippen LogP contribution >= 0.6 is 0 Å². The van der Waals surface area contributed by atoms with E-state index in [1.54, 1.807) is 23.5 Å². The van der Waals surface area contributed by atoms with Crippen molar-refractivity contribution in [2.24, 2.45) is 0 Å². The van der Waals surface area contributed by atoms with Crippen molar-refractivity contribution in [2.75, 3.05) is 12.3 Å². The molecule has 0 saturated heterocycles. The zero-order valence-electron chi connectivity index (χ0n) is 14.8. The van der Waals surface area contributed by atoms with Gasteiger partial charge in [-0.1, -0.05) is 31.4 Å². The largest absolute Gasteiger partial charge is 0.471 e. The molecule has 0 aliphatic heterocycles. The molecule has 1 fully saturated rings. The summed E-state index contributed by atoms with van der Waals surface area (Å²) in [5.74, 6) is -1.93. The summed E-state index contributed by atoms with van der Waals surface area (Å²) in [6.45, 7) is -0.341. The van der Waals surface area contributed by atoms with E-state index in [1.165, 1.54) is 6.07 Å². The van der Waals surface area contributed by atoms with Gasteiger partial charge in [-0.15, -0.1) is 0 Å². The summed E-state index contributed by atoms with van der Waals surface area (Å²) >= 11 is 0. The van der Waals surface area contributed by atoms with Crippen LogP contribution in [0.4, 0.5) is 13.2 Å². The Kier molecular flexibility index (Phi) is 7.41. The minimum absolute atomic E-state index is 0.109. The molecule has 152 valence electrons. The normalized spacial score (nSPS) is 19.3. The number of aliphatic hydroxyl groups excluding tert-OH is 1. The molecule has 2 unspecified atom stereocenters. The number of carbonyl (C=O) groups is 1. The number of hydrogen-bond acceptors (Lipinski definition) is 4. The Morgan fingerprint density at radius 1 is 1.26 bits per heavy atom. The Morgan fingerprint density at radius 3 is 2.56 bits per heavy atom. The first-order valence-electron chi connectivity index (χ1n) is 8.84. The first-order valence-corrected chi connectivity index (χ1v) is 10.2. The molecule has 1 aliphatic carbocycles. The molecule has 3 N–H and O–H groups in total. The molecule has 5 nitrogen and oxygen atoms in total. The fourth-order valence-electron chi connectivity index (χ4n) is 3.13. The lowest BCUT2D eigenvalue weighted by atomic mass is 9.86. The van der Waals surface area contributed by atoms with Gasteiger partial charge in [-0.3, -0.25) is 9.00 Å². The molecule has 2 rings (SSSR count). The van der Waals surface area contributed by atoms with Crippen LogP contribution in [0.15, 0.2) is 29.2 Å². The second kappa shape index (κ2) is 9.16. The van der Waals surface area contributed by atoms with E-state index in [2.05, 4.69) is 0 Å². The van der Waals surface area contributed by atoms with Crippen molar-refractivity contribution >= 4 is 16.7 Å². The fraction of sp³-hybridized carbons (Fsp3) is 0.611. The van der Waals surface area contributed by atoms with Gasteiger partial charge in [-0.2, -0.15) is 13.2 Å². The molecular weight excluding hydrogens is 383 g/mol. The van der Waals surface area contributed by atoms with Crippen LogP contribution in [-0.4, -0.2) is 44.4 Å². The highest BCUT2D eigenvalue weighted by atomic mass is 32.2. The first kappa shape index (κ1) is 21.8. The zero-order valence-corrected chi connectivity index (χ0v) is 15.6. The molecule has 0 spiro atoms. The van der Waals surface area contributed by atoms with Gasteiger partial charge < -0.3 is 15.5 Å². The number of rotatable bonds is 7. The van der Waals surface area contributed by atoms with E-state index in [0.29, 0.717) is 23.3 Å². The highest BCUT2D eigenvalue weighted by molar-refractivity contribution is 7.85. The Balaban J connectivity index is 1.93. The maximum absolute atomic E-state index is 12.6. The number of alkyl halides is 3. The monoisotopic (exact) mass is 407 g/mol. The summed E-state index contributed by atoms with van der Waals surface area (Å²) in [7, 11) is -1.45. The molecule has 1 amide bonds. The summed E-state index contributed by atoms with van der Waals surface area (Å²) in [4.78, 5) is 11.2. The van der Waals surface area contributed by atoms with E-state index in [4.69, 9.17) is 0 Å². The minimum atomic E-state index is -4.96. The van der Waals surface area contributed by atoms with Gasteiger partial charge in [0, 0.05) is 11.4 Å². The highest BCUT2D eigenvalue weighted by Gasteiger charge is 2.38. The van der Waals surface area contributed by atoms with Gasteiger partial charge in [0.2, 0.25) is 0 Å². The first-order chi connectivity index (χ1) is 12.6. The Labute approximate surface area is 158 Å². The second-order valence-electron chi connectivity index (χ2n) is 6.91. The van der Waals surface area contributed by atoms with E-state index < -0.39 is 34.6 Å². The standard InChI is InChI=1S/C18H24F3NO4S/c19-18(20,21)16(24)22-10-7-15(23)13-5-4-6-14(11-13)27(26)12-17(25)8-2-1-3-9-17/h4-6,11,15,23,25H,1-3,7-10,12H2,(H,22,24). The number of hydrogen-bond donors (Lipinski definition) is 3. The zero-order chi connectivity index (χ0) is 20.1. The van der Waals surface area contributed by atoms with Crippen molar-refractivity contribution < 1.29 is 32.4 Å². The van der Waals surface area contributed by atoms with E-state index in [0.717, 1.165) is 19.3 Å². The van der Waals surface area contributed by atoms with Gasteiger partial charge >= 0.3 is 12.1 Å². The van der Waals surface area contributed by atoms with Crippen LogP contribution in [0.5, 0.6) is 0 Å². The SMILES string of the molecule is O=C(NCCC(O)c1cccc(S(=O)CC2(O)CCCCC2)c1)C(F)(F)F. The van der Waals surface area contributed by atoms with E-state index in [1.807, 2.05) is 0 Å². The van der Waals surface area contributed by atoms with Crippen LogP contribution in [0.1, 0.15) is 50.2 Å². The predicted molar refractivity (Wildman–Crippen MR) is 94.4 cm³/mol. The van der Waals surface area contributed by atoms with Gasteiger partial charge in [0.1, 0.15) is 0 Å². The van der Waals surface area contributed by atoms with Crippen molar-refractivity contribution in [3.8, 4) is 0 Å². The number of nitrogens with one attached hydrogen (secondary N) is 1. The summed E-state index contributed by atoms with van der Waals surface area (Å²) in [6, 6.07) is 6.33. The lowest BCUT2D eigenvalue weighted by Gasteiger charge is -2.31. The Hall–Kier alpha value is -1.45. The third kappa shape index (κ3) is 6.58. The number of aliphatic hydroxyl groups is 2. The molecule has 1 aromatic carbocycles. The molecule has 27 heavy (non-hydrogen) atoms. The molecular formula is C18H24F3NO4S. The van der Waals surface area contributed by atoms with Crippen LogP contribution < -0.4 is 5.32 Å². The number of carbonyl (C=O) groups excluding carboxylic acids is 1. The average molecular weight is 407 g/mol. The van der Waals surface area contributed by atoms with Crippen molar-refractivity contribution in [1.82, 2.24) is 5.32 Å². The van der Waals surface area contributed by atoms with Crippen LogP contribution in [0.25, 0.3) is 0 Å². The molecule has 0 radical (unpaired) electrons. The molecule has 2 atom stereocenters. The number of benzene rings is 1. The molecule has 0 heterocycles. The van der Waals surface area contributed by atoms with Crippen molar-refractivity contribution in [1.29, 1.82) is 0 Å². The quantitative estimate of drug-likeness (QED) is 0.649. The average Bonchev–Trinajstić information content (AvgIpc) is 2.61. The third-order valence-electron chi connectivity index (χ3n) is 4.65. The summed E-state index contributed by atoms with van der Waals surface area (Å²) in [5.41, 5.74) is -0.544. The molecule has 9 heteroatoms. The van der Waals surface area contributed by atoms with Crippen LogP contribution in [0, 0.1) is 0 Å². The Morgan fingerprint density at radius 2 is 1.93 bits per heavy atom. The third-order valence-corrected chi connectivity index (χ3v) is 6.23. The van der Waals surface area contributed by atoms with Crippen molar-refractivity contribution in [3.63, 3.8) is 0 Å². The maximum atomic E-state index is 12.6. The highest BCUT2D eigenvalue weighted by Crippen LogP contribution is 2.30. The van der Waals surface area contributed by atoms with Crippen LogP contribution in [0.2, 0.25) is 0 Å². The van der Waals surface area contributed by atoms with Crippen molar-refractivity contribution in [2.45, 2.75) is 61.3 Å². The lowest BCUT2D eigenvalue weighted by Crippen LogP contribution is -2.37. The number of amides is 1. The fourth-order valence-corrected chi connectivity index (χ4v) is 4.58. The van der Waals surface area contributed by atoms with Gasteiger partial charge in [0.15, 0.2) is 0 Å². The van der Waals surface area contributed by atoms with E-state index in [-0.39, 0.29) is 18.7 Å². The van der Waals surface area contributed by atoms with Crippen molar-refractivity contribution in [3.05, 3.63) is 29.8 Å². The second-order valence-corrected chi connectivity index (χ2v) is 8.36. The Bertz CT molecular complexity index is 675. The summed E-state index contributed by atoms with van der Waals surface area (Å²) in [6.07, 6.45) is -2.09. The molecule has 0 aromatic heterocycles. The summed E-state index contributed by atoms with van der Waals surface area (Å²) < 4.78 is 49.0.